The van der Waals surface area contributed by atoms with Crippen LogP contribution in [0.25, 0.3) is 0 Å². The fourth-order valence-electron chi connectivity index (χ4n) is 5.69. The molecule has 1 atom stereocenters. The van der Waals surface area contributed by atoms with E-state index in [0.29, 0.717) is 19.3 Å². The van der Waals surface area contributed by atoms with Gasteiger partial charge in [-0.1, -0.05) is 206 Å². The second kappa shape index (κ2) is 46.5. The van der Waals surface area contributed by atoms with Gasteiger partial charge in [0.15, 0.2) is 6.10 Å². The zero-order chi connectivity index (χ0) is 43.0. The standard InChI is InChI=1S/C53H82O6/c1-4-7-10-13-16-19-22-24-26-28-29-31-34-37-40-43-46-52(55)58-49-50(48-57-51(54)45-42-39-36-33-21-18-15-12-9-6-3)59-53(56)47-44-41-38-35-32-30-27-25-23-20-17-14-11-8-5-2/h7-8,10-11,14,16-17,19-20,23-27,29-32,37,40,50H,4-6,9,12-13,15,18,21-22,28,33-36,38-39,41-49H2,1-3H3/b10-7-,11-8-,17-14-,19-16-,23-20-,26-24-,27-25-,31-29-,32-30-,40-37-. The third kappa shape index (κ3) is 44.8. The number of esters is 3. The van der Waals surface area contributed by atoms with Gasteiger partial charge in [-0.05, 0) is 70.6 Å². The van der Waals surface area contributed by atoms with E-state index in [2.05, 4.69) is 81.5 Å². The van der Waals surface area contributed by atoms with Crippen molar-refractivity contribution >= 4 is 17.9 Å². The van der Waals surface area contributed by atoms with Crippen molar-refractivity contribution < 1.29 is 28.6 Å². The smallest absolute Gasteiger partial charge is 0.306 e. The average molecular weight is 815 g/mol. The molecule has 0 rings (SSSR count). The van der Waals surface area contributed by atoms with Gasteiger partial charge < -0.3 is 14.2 Å². The summed E-state index contributed by atoms with van der Waals surface area (Å²) >= 11 is 0. The minimum absolute atomic E-state index is 0.121. The highest BCUT2D eigenvalue weighted by Crippen LogP contribution is 2.12. The largest absolute Gasteiger partial charge is 0.462 e. The van der Waals surface area contributed by atoms with E-state index in [9.17, 15) is 14.4 Å². The summed E-state index contributed by atoms with van der Waals surface area (Å²) in [6.07, 6.45) is 63.3. The molecule has 6 nitrogen and oxygen atoms in total. The Kier molecular flexibility index (Phi) is 43.2. The molecule has 0 saturated heterocycles. The molecule has 330 valence electrons. The molecule has 0 amide bonds. The molecule has 0 fully saturated rings. The molecule has 0 aliphatic heterocycles. The minimum Gasteiger partial charge on any atom is -0.462 e. The van der Waals surface area contributed by atoms with E-state index in [-0.39, 0.29) is 44.0 Å². The molecular formula is C53H82O6. The summed E-state index contributed by atoms with van der Waals surface area (Å²) in [5.41, 5.74) is 0. The molecule has 0 aromatic heterocycles. The molecule has 0 spiro atoms. The van der Waals surface area contributed by atoms with E-state index in [1.807, 2.05) is 60.8 Å². The van der Waals surface area contributed by atoms with Gasteiger partial charge in [0.2, 0.25) is 0 Å². The van der Waals surface area contributed by atoms with Gasteiger partial charge in [0, 0.05) is 19.3 Å². The van der Waals surface area contributed by atoms with Crippen LogP contribution in [0.5, 0.6) is 0 Å². The second-order valence-corrected chi connectivity index (χ2v) is 14.7. The summed E-state index contributed by atoms with van der Waals surface area (Å²) in [5, 5.41) is 0. The molecule has 0 saturated carbocycles. The maximum absolute atomic E-state index is 12.7. The molecule has 0 aliphatic carbocycles. The minimum atomic E-state index is -0.830. The van der Waals surface area contributed by atoms with Crippen molar-refractivity contribution in [3.05, 3.63) is 122 Å². The first-order valence-electron chi connectivity index (χ1n) is 23.1. The predicted octanol–water partition coefficient (Wildman–Crippen LogP) is 15.0. The number of hydrogen-bond acceptors (Lipinski definition) is 6. The van der Waals surface area contributed by atoms with Crippen molar-refractivity contribution in [1.82, 2.24) is 0 Å². The predicted molar refractivity (Wildman–Crippen MR) is 251 cm³/mol. The molecule has 0 aromatic rings. The van der Waals surface area contributed by atoms with Crippen LogP contribution in [0.3, 0.4) is 0 Å². The Morgan fingerprint density at radius 2 is 0.780 bits per heavy atom. The lowest BCUT2D eigenvalue weighted by molar-refractivity contribution is -0.166. The normalized spacial score (nSPS) is 13.2. The molecule has 59 heavy (non-hydrogen) atoms. The molecule has 0 aliphatic rings. The summed E-state index contributed by atoms with van der Waals surface area (Å²) in [6, 6.07) is 0. The van der Waals surface area contributed by atoms with Crippen molar-refractivity contribution in [1.29, 1.82) is 0 Å². The molecule has 0 heterocycles. The lowest BCUT2D eigenvalue weighted by atomic mass is 10.1. The van der Waals surface area contributed by atoms with Crippen LogP contribution in [0.4, 0.5) is 0 Å². The average Bonchev–Trinajstić information content (AvgIpc) is 3.23. The number of ether oxygens (including phenoxy) is 3. The summed E-state index contributed by atoms with van der Waals surface area (Å²) in [7, 11) is 0. The second-order valence-electron chi connectivity index (χ2n) is 14.7. The highest BCUT2D eigenvalue weighted by molar-refractivity contribution is 5.71. The topological polar surface area (TPSA) is 78.9 Å². The van der Waals surface area contributed by atoms with Crippen molar-refractivity contribution in [3.8, 4) is 0 Å². The maximum Gasteiger partial charge on any atom is 0.306 e. The van der Waals surface area contributed by atoms with E-state index < -0.39 is 6.10 Å². The van der Waals surface area contributed by atoms with Crippen LogP contribution in [0.1, 0.15) is 175 Å². The maximum atomic E-state index is 12.7. The highest BCUT2D eigenvalue weighted by Gasteiger charge is 2.19. The van der Waals surface area contributed by atoms with Crippen LogP contribution in [0.15, 0.2) is 122 Å². The number of allylic oxidation sites excluding steroid dienone is 20. The van der Waals surface area contributed by atoms with Crippen LogP contribution in [0.2, 0.25) is 0 Å². The molecule has 6 heteroatoms. The summed E-state index contributed by atoms with van der Waals surface area (Å²) < 4.78 is 16.6. The van der Waals surface area contributed by atoms with E-state index >= 15 is 0 Å². The summed E-state index contributed by atoms with van der Waals surface area (Å²) in [6.45, 7) is 6.23. The Morgan fingerprint density at radius 1 is 0.373 bits per heavy atom. The quantitative estimate of drug-likeness (QED) is 0.0202. The number of rotatable bonds is 39. The zero-order valence-electron chi connectivity index (χ0n) is 37.5. The number of unbranched alkanes of at least 4 members (excludes halogenated alkanes) is 12. The van der Waals surface area contributed by atoms with E-state index in [1.165, 1.54) is 44.9 Å². The van der Waals surface area contributed by atoms with E-state index in [4.69, 9.17) is 14.2 Å². The zero-order valence-corrected chi connectivity index (χ0v) is 37.5. The Hall–Kier alpha value is -4.19. The Labute approximate surface area is 361 Å². The third-order valence-electron chi connectivity index (χ3n) is 9.10. The Morgan fingerprint density at radius 3 is 1.31 bits per heavy atom. The lowest BCUT2D eigenvalue weighted by Crippen LogP contribution is -2.30. The van der Waals surface area contributed by atoms with Crippen molar-refractivity contribution in [3.63, 3.8) is 0 Å². The monoisotopic (exact) mass is 815 g/mol. The molecule has 0 bridgehead atoms. The molecule has 1 unspecified atom stereocenters. The van der Waals surface area contributed by atoms with Crippen LogP contribution in [0, 0.1) is 0 Å². The fraction of sp³-hybridized carbons (Fsp3) is 0.566. The summed E-state index contributed by atoms with van der Waals surface area (Å²) in [4.78, 5) is 37.7. The van der Waals surface area contributed by atoms with Crippen molar-refractivity contribution in [2.75, 3.05) is 13.2 Å². The number of hydrogen-bond donors (Lipinski definition) is 0. The highest BCUT2D eigenvalue weighted by atomic mass is 16.6. The van der Waals surface area contributed by atoms with Gasteiger partial charge in [0.1, 0.15) is 13.2 Å². The van der Waals surface area contributed by atoms with Crippen molar-refractivity contribution in [2.24, 2.45) is 0 Å². The van der Waals surface area contributed by atoms with Gasteiger partial charge >= 0.3 is 17.9 Å². The summed E-state index contributed by atoms with van der Waals surface area (Å²) in [5.74, 6) is -1.06. The van der Waals surface area contributed by atoms with Crippen LogP contribution >= 0.6 is 0 Å². The van der Waals surface area contributed by atoms with Gasteiger partial charge in [-0.3, -0.25) is 14.4 Å². The molecule has 0 N–H and O–H groups in total. The lowest BCUT2D eigenvalue weighted by Gasteiger charge is -2.18. The Balaban J connectivity index is 4.60. The SMILES string of the molecule is CC\C=C/C=C\C=C/C=C\C=C/CCCCCC(=O)OC(COC(=O)CC/C=C\C/C=C\C/C=C\C/C=C\C/C=C\CC)COC(=O)CCCCCCCCCCCC. The van der Waals surface area contributed by atoms with E-state index in [0.717, 1.165) is 77.0 Å². The Bertz CT molecular complexity index is 1300. The van der Waals surface area contributed by atoms with Gasteiger partial charge in [-0.15, -0.1) is 0 Å². The van der Waals surface area contributed by atoms with Crippen molar-refractivity contribution in [2.45, 2.75) is 181 Å². The molecular weight excluding hydrogens is 733 g/mol. The fourth-order valence-corrected chi connectivity index (χ4v) is 5.69. The first-order valence-corrected chi connectivity index (χ1v) is 23.1. The first-order chi connectivity index (χ1) is 29.0. The van der Waals surface area contributed by atoms with Gasteiger partial charge in [-0.2, -0.15) is 0 Å². The van der Waals surface area contributed by atoms with Crippen LogP contribution in [-0.4, -0.2) is 37.2 Å². The van der Waals surface area contributed by atoms with Gasteiger partial charge in [0.05, 0.1) is 0 Å². The number of carbonyl (C=O) groups is 3. The number of carbonyl (C=O) groups excluding carboxylic acids is 3. The van der Waals surface area contributed by atoms with Gasteiger partial charge in [0.25, 0.3) is 0 Å². The van der Waals surface area contributed by atoms with Crippen LogP contribution in [-0.2, 0) is 28.6 Å². The molecule has 0 radical (unpaired) electrons. The third-order valence-corrected chi connectivity index (χ3v) is 9.10. The van der Waals surface area contributed by atoms with Gasteiger partial charge in [-0.25, -0.2) is 0 Å². The van der Waals surface area contributed by atoms with E-state index in [1.54, 1.807) is 0 Å². The van der Waals surface area contributed by atoms with Crippen LogP contribution < -0.4 is 0 Å². The molecule has 0 aromatic carbocycles. The first kappa shape index (κ1) is 54.8.